The molecule has 0 radical (unpaired) electrons. The molecule has 0 amide bonds. The average Bonchev–Trinajstić information content (AvgIpc) is 3.15. The highest BCUT2D eigenvalue weighted by atomic mass is 28.4. The van der Waals surface area contributed by atoms with Crippen LogP contribution in [0.15, 0.2) is 24.3 Å². The molecule has 3 heteroatoms. The highest BCUT2D eigenvalue weighted by molar-refractivity contribution is 6.74. The van der Waals surface area contributed by atoms with Crippen LogP contribution in [-0.4, -0.2) is 20.0 Å². The zero-order chi connectivity index (χ0) is 15.0. The van der Waals surface area contributed by atoms with Gasteiger partial charge in [0.1, 0.15) is 5.75 Å². The minimum absolute atomic E-state index is 0.216. The molecule has 1 aliphatic rings. The summed E-state index contributed by atoms with van der Waals surface area (Å²) in [6, 6.07) is 8.39. The van der Waals surface area contributed by atoms with Crippen LogP contribution >= 0.6 is 0 Å². The first-order chi connectivity index (χ1) is 9.24. The summed E-state index contributed by atoms with van der Waals surface area (Å²) < 4.78 is 6.29. The van der Waals surface area contributed by atoms with Crippen molar-refractivity contribution in [1.82, 2.24) is 0 Å². The van der Waals surface area contributed by atoms with Crippen LogP contribution in [0, 0.1) is 5.92 Å². The van der Waals surface area contributed by atoms with Gasteiger partial charge in [-0.25, -0.2) is 0 Å². The van der Waals surface area contributed by atoms with Gasteiger partial charge in [-0.3, -0.25) is 0 Å². The summed E-state index contributed by atoms with van der Waals surface area (Å²) in [6.07, 6.45) is 2.51. The molecule has 0 saturated heterocycles. The summed E-state index contributed by atoms with van der Waals surface area (Å²) in [6.45, 7) is 11.5. The predicted octanol–water partition coefficient (Wildman–Crippen LogP) is 4.56. The Morgan fingerprint density at radius 2 is 1.75 bits per heavy atom. The van der Waals surface area contributed by atoms with Crippen molar-refractivity contribution in [3.8, 4) is 5.75 Å². The summed E-state index contributed by atoms with van der Waals surface area (Å²) >= 11 is 0. The van der Waals surface area contributed by atoms with Gasteiger partial charge in [0.05, 0.1) is 6.61 Å². The van der Waals surface area contributed by atoms with Crippen LogP contribution in [0.2, 0.25) is 18.1 Å². The van der Waals surface area contributed by atoms with E-state index in [1.165, 1.54) is 18.4 Å². The van der Waals surface area contributed by atoms with Crippen molar-refractivity contribution in [2.24, 2.45) is 5.92 Å². The third-order valence-electron chi connectivity index (χ3n) is 4.88. The van der Waals surface area contributed by atoms with Crippen LogP contribution in [0.3, 0.4) is 0 Å². The number of rotatable bonds is 5. The molecule has 1 unspecified atom stereocenters. The molecule has 1 N–H and O–H groups in total. The fourth-order valence-electron chi connectivity index (χ4n) is 2.26. The third-order valence-corrected chi connectivity index (χ3v) is 9.23. The zero-order valence-corrected chi connectivity index (χ0v) is 14.4. The Kier molecular flexibility index (Phi) is 4.31. The van der Waals surface area contributed by atoms with Gasteiger partial charge in [-0.15, -0.1) is 0 Å². The number of aliphatic hydroxyl groups excluding tert-OH is 1. The second kappa shape index (κ2) is 5.53. The molecule has 0 spiro atoms. The maximum atomic E-state index is 9.53. The standard InChI is InChI=1S/C17H28O2Si/c1-17(2,3)20(4,5)19-15-10-8-14(9-11-15)16(12-18)13-6-7-13/h8-11,13,16,18H,6-7,12H2,1-5H3. The molecular formula is C17H28O2Si. The van der Waals surface area contributed by atoms with Crippen LogP contribution in [0.25, 0.3) is 0 Å². The lowest BCUT2D eigenvalue weighted by Gasteiger charge is -2.36. The summed E-state index contributed by atoms with van der Waals surface area (Å²) in [5, 5.41) is 9.74. The van der Waals surface area contributed by atoms with E-state index in [9.17, 15) is 5.11 Å². The van der Waals surface area contributed by atoms with Crippen LogP contribution in [0.1, 0.15) is 45.1 Å². The molecule has 0 aliphatic heterocycles. The number of aliphatic hydroxyl groups is 1. The monoisotopic (exact) mass is 292 g/mol. The number of hydrogen-bond acceptors (Lipinski definition) is 2. The van der Waals surface area contributed by atoms with E-state index in [2.05, 4.69) is 58.1 Å². The molecule has 1 aromatic carbocycles. The lowest BCUT2D eigenvalue weighted by atomic mass is 9.95. The largest absolute Gasteiger partial charge is 0.544 e. The Balaban J connectivity index is 2.08. The average molecular weight is 292 g/mol. The SMILES string of the molecule is CC(C)(C)[Si](C)(C)Oc1ccc(C(CO)C2CC2)cc1. The topological polar surface area (TPSA) is 29.5 Å². The van der Waals surface area contributed by atoms with Gasteiger partial charge in [-0.2, -0.15) is 0 Å². The highest BCUT2D eigenvalue weighted by Crippen LogP contribution is 2.43. The Labute approximate surface area is 124 Å². The van der Waals surface area contributed by atoms with Gasteiger partial charge in [-0.05, 0) is 54.6 Å². The molecule has 2 nitrogen and oxygen atoms in total. The van der Waals surface area contributed by atoms with Gasteiger partial charge >= 0.3 is 0 Å². The first kappa shape index (κ1) is 15.6. The molecule has 2 rings (SSSR count). The van der Waals surface area contributed by atoms with E-state index >= 15 is 0 Å². The van der Waals surface area contributed by atoms with Crippen molar-refractivity contribution in [2.75, 3.05) is 6.61 Å². The number of hydrogen-bond donors (Lipinski definition) is 1. The molecule has 112 valence electrons. The Morgan fingerprint density at radius 1 is 1.20 bits per heavy atom. The van der Waals surface area contributed by atoms with E-state index in [-0.39, 0.29) is 11.6 Å². The smallest absolute Gasteiger partial charge is 0.250 e. The second-order valence-corrected chi connectivity index (χ2v) is 12.3. The Morgan fingerprint density at radius 3 is 2.15 bits per heavy atom. The van der Waals surface area contributed by atoms with Crippen molar-refractivity contribution < 1.29 is 9.53 Å². The number of benzene rings is 1. The minimum Gasteiger partial charge on any atom is -0.544 e. The van der Waals surface area contributed by atoms with Crippen molar-refractivity contribution in [1.29, 1.82) is 0 Å². The van der Waals surface area contributed by atoms with Gasteiger partial charge < -0.3 is 9.53 Å². The predicted molar refractivity (Wildman–Crippen MR) is 86.8 cm³/mol. The zero-order valence-electron chi connectivity index (χ0n) is 13.4. The lowest BCUT2D eigenvalue weighted by molar-refractivity contribution is 0.253. The Bertz CT molecular complexity index is 441. The van der Waals surface area contributed by atoms with Gasteiger partial charge in [0.2, 0.25) is 8.32 Å². The van der Waals surface area contributed by atoms with E-state index in [0.29, 0.717) is 11.8 Å². The highest BCUT2D eigenvalue weighted by Gasteiger charge is 2.39. The quantitative estimate of drug-likeness (QED) is 0.806. The van der Waals surface area contributed by atoms with Crippen LogP contribution in [0.4, 0.5) is 0 Å². The minimum atomic E-state index is -1.76. The Hall–Kier alpha value is -0.803. The fraction of sp³-hybridized carbons (Fsp3) is 0.647. The first-order valence-corrected chi connectivity index (χ1v) is 10.6. The van der Waals surface area contributed by atoms with E-state index < -0.39 is 8.32 Å². The van der Waals surface area contributed by atoms with Crippen molar-refractivity contribution in [2.45, 2.75) is 57.7 Å². The third kappa shape index (κ3) is 3.44. The van der Waals surface area contributed by atoms with Gasteiger partial charge in [-0.1, -0.05) is 32.9 Å². The van der Waals surface area contributed by atoms with Crippen molar-refractivity contribution in [3.63, 3.8) is 0 Å². The van der Waals surface area contributed by atoms with E-state index in [4.69, 9.17) is 4.43 Å². The van der Waals surface area contributed by atoms with Crippen LogP contribution in [-0.2, 0) is 0 Å². The van der Waals surface area contributed by atoms with Crippen LogP contribution in [0.5, 0.6) is 5.75 Å². The molecule has 0 aromatic heterocycles. The van der Waals surface area contributed by atoms with Crippen molar-refractivity contribution >= 4 is 8.32 Å². The molecule has 1 aromatic rings. The fourth-order valence-corrected chi connectivity index (χ4v) is 3.29. The summed E-state index contributed by atoms with van der Waals surface area (Å²) in [5.41, 5.74) is 1.25. The van der Waals surface area contributed by atoms with Crippen LogP contribution < -0.4 is 4.43 Å². The molecule has 0 heterocycles. The molecule has 1 saturated carbocycles. The van der Waals surface area contributed by atoms with E-state index in [1.54, 1.807) is 0 Å². The van der Waals surface area contributed by atoms with Crippen molar-refractivity contribution in [3.05, 3.63) is 29.8 Å². The van der Waals surface area contributed by atoms with Gasteiger partial charge in [0.15, 0.2) is 0 Å². The van der Waals surface area contributed by atoms with E-state index in [0.717, 1.165) is 5.75 Å². The summed E-state index contributed by atoms with van der Waals surface area (Å²) in [7, 11) is -1.76. The maximum absolute atomic E-state index is 9.53. The lowest BCUT2D eigenvalue weighted by Crippen LogP contribution is -2.43. The normalized spacial score (nSPS) is 17.9. The maximum Gasteiger partial charge on any atom is 0.250 e. The molecular weight excluding hydrogens is 264 g/mol. The molecule has 1 atom stereocenters. The molecule has 1 aliphatic carbocycles. The van der Waals surface area contributed by atoms with Gasteiger partial charge in [0.25, 0.3) is 0 Å². The molecule has 20 heavy (non-hydrogen) atoms. The summed E-state index contributed by atoms with van der Waals surface area (Å²) in [5.74, 6) is 1.97. The molecule has 0 bridgehead atoms. The van der Waals surface area contributed by atoms with Gasteiger partial charge in [0, 0.05) is 5.92 Å². The second-order valence-electron chi connectivity index (χ2n) is 7.56. The molecule has 1 fully saturated rings. The first-order valence-electron chi connectivity index (χ1n) is 7.64. The van der Waals surface area contributed by atoms with E-state index in [1.807, 2.05) is 0 Å². The summed E-state index contributed by atoms with van der Waals surface area (Å²) in [4.78, 5) is 0.